The molecule has 0 spiro atoms. The molecule has 0 radical (unpaired) electrons. The molecule has 0 bridgehead atoms. The molecular formula is C14H20F3N3. The molecule has 1 unspecified atom stereocenters. The van der Waals surface area contributed by atoms with Gasteiger partial charge in [-0.15, -0.1) is 0 Å². The molecule has 1 aromatic carbocycles. The van der Waals surface area contributed by atoms with E-state index in [0.29, 0.717) is 12.2 Å². The van der Waals surface area contributed by atoms with E-state index in [2.05, 4.69) is 0 Å². The van der Waals surface area contributed by atoms with Gasteiger partial charge in [-0.25, -0.2) is 0 Å². The zero-order valence-electron chi connectivity index (χ0n) is 11.9. The van der Waals surface area contributed by atoms with E-state index in [1.807, 2.05) is 25.7 Å². The Labute approximate surface area is 117 Å². The molecule has 112 valence electrons. The number of nitrogens with one attached hydrogen (secondary N) is 1. The maximum absolute atomic E-state index is 12.7. The van der Waals surface area contributed by atoms with Gasteiger partial charge in [-0.3, -0.25) is 5.41 Å². The van der Waals surface area contributed by atoms with Crippen molar-refractivity contribution in [3.63, 3.8) is 0 Å². The molecule has 0 saturated heterocycles. The van der Waals surface area contributed by atoms with Crippen LogP contribution in [0.5, 0.6) is 0 Å². The summed E-state index contributed by atoms with van der Waals surface area (Å²) in [5, 5.41) is 7.53. The van der Waals surface area contributed by atoms with Crippen molar-refractivity contribution in [2.75, 3.05) is 11.4 Å². The minimum atomic E-state index is -4.43. The van der Waals surface area contributed by atoms with E-state index in [1.54, 1.807) is 0 Å². The predicted molar refractivity (Wildman–Crippen MR) is 75.2 cm³/mol. The Kier molecular flexibility index (Phi) is 5.03. The third-order valence-electron chi connectivity index (χ3n) is 3.39. The summed E-state index contributed by atoms with van der Waals surface area (Å²) in [6.07, 6.45) is -3.58. The van der Waals surface area contributed by atoms with E-state index in [4.69, 9.17) is 11.1 Å². The van der Waals surface area contributed by atoms with Gasteiger partial charge in [0.2, 0.25) is 0 Å². The number of hydrogen-bond acceptors (Lipinski definition) is 2. The standard InChI is InChI=1S/C14H20F3N3/c1-4-9(3)20(5-2)12-7-6-10(14(15,16)17)8-11(12)13(18)19/h6-9H,4-5H2,1-3H3,(H3,18,19). The number of nitrogens with two attached hydrogens (primary N) is 1. The lowest BCUT2D eigenvalue weighted by atomic mass is 10.0. The average Bonchev–Trinajstić information content (AvgIpc) is 2.38. The van der Waals surface area contributed by atoms with Crippen molar-refractivity contribution < 1.29 is 13.2 Å². The molecule has 1 atom stereocenters. The second kappa shape index (κ2) is 6.15. The highest BCUT2D eigenvalue weighted by Gasteiger charge is 2.31. The number of alkyl halides is 3. The lowest BCUT2D eigenvalue weighted by molar-refractivity contribution is -0.137. The maximum atomic E-state index is 12.7. The first kappa shape index (κ1) is 16.3. The summed E-state index contributed by atoms with van der Waals surface area (Å²) in [5.74, 6) is -0.354. The molecule has 0 heterocycles. The van der Waals surface area contributed by atoms with Gasteiger partial charge in [-0.1, -0.05) is 6.92 Å². The molecule has 3 N–H and O–H groups in total. The van der Waals surface area contributed by atoms with Crippen molar-refractivity contribution in [3.8, 4) is 0 Å². The summed E-state index contributed by atoms with van der Waals surface area (Å²) in [5.41, 5.74) is 5.36. The van der Waals surface area contributed by atoms with E-state index >= 15 is 0 Å². The molecule has 0 aliphatic heterocycles. The Balaban J connectivity index is 3.36. The van der Waals surface area contributed by atoms with Crippen LogP contribution in [0.1, 0.15) is 38.3 Å². The third-order valence-corrected chi connectivity index (χ3v) is 3.39. The van der Waals surface area contributed by atoms with E-state index < -0.39 is 11.7 Å². The fourth-order valence-electron chi connectivity index (χ4n) is 2.12. The second-order valence-electron chi connectivity index (χ2n) is 4.69. The van der Waals surface area contributed by atoms with Crippen molar-refractivity contribution >= 4 is 11.5 Å². The molecular weight excluding hydrogens is 267 g/mol. The second-order valence-corrected chi connectivity index (χ2v) is 4.69. The van der Waals surface area contributed by atoms with Gasteiger partial charge in [0.25, 0.3) is 0 Å². The lowest BCUT2D eigenvalue weighted by Crippen LogP contribution is -2.34. The van der Waals surface area contributed by atoms with Crippen molar-refractivity contribution in [2.24, 2.45) is 5.73 Å². The largest absolute Gasteiger partial charge is 0.416 e. The Bertz CT molecular complexity index is 483. The number of rotatable bonds is 5. The van der Waals surface area contributed by atoms with Gasteiger partial charge in [0.15, 0.2) is 0 Å². The predicted octanol–water partition coefficient (Wildman–Crippen LogP) is 3.61. The zero-order valence-corrected chi connectivity index (χ0v) is 11.9. The monoisotopic (exact) mass is 287 g/mol. The number of halogens is 3. The molecule has 0 saturated carbocycles. The number of nitrogens with zero attached hydrogens (tertiary/aromatic N) is 1. The number of amidine groups is 1. The Hall–Kier alpha value is -1.72. The SMILES string of the molecule is CCC(C)N(CC)c1ccc(C(F)(F)F)cc1C(=N)N. The Morgan fingerprint density at radius 1 is 1.35 bits per heavy atom. The number of benzene rings is 1. The molecule has 0 aliphatic carbocycles. The quantitative estimate of drug-likeness (QED) is 0.642. The van der Waals surface area contributed by atoms with Gasteiger partial charge in [0.05, 0.1) is 5.56 Å². The third kappa shape index (κ3) is 3.43. The first-order valence-electron chi connectivity index (χ1n) is 6.54. The average molecular weight is 287 g/mol. The summed E-state index contributed by atoms with van der Waals surface area (Å²) < 4.78 is 38.2. The van der Waals surface area contributed by atoms with Crippen molar-refractivity contribution in [3.05, 3.63) is 29.3 Å². The van der Waals surface area contributed by atoms with Gasteiger partial charge in [-0.05, 0) is 38.5 Å². The Morgan fingerprint density at radius 2 is 1.95 bits per heavy atom. The fraction of sp³-hybridized carbons (Fsp3) is 0.500. The van der Waals surface area contributed by atoms with E-state index in [0.717, 1.165) is 18.6 Å². The number of anilines is 1. The molecule has 0 amide bonds. The van der Waals surface area contributed by atoms with E-state index in [1.165, 1.54) is 6.07 Å². The van der Waals surface area contributed by atoms with Crippen molar-refractivity contribution in [2.45, 2.75) is 39.4 Å². The van der Waals surface area contributed by atoms with Crippen LogP contribution in [-0.2, 0) is 6.18 Å². The molecule has 3 nitrogen and oxygen atoms in total. The molecule has 0 aromatic heterocycles. The van der Waals surface area contributed by atoms with Gasteiger partial charge in [0, 0.05) is 23.8 Å². The van der Waals surface area contributed by atoms with Crippen molar-refractivity contribution in [1.29, 1.82) is 5.41 Å². The summed E-state index contributed by atoms with van der Waals surface area (Å²) >= 11 is 0. The van der Waals surface area contributed by atoms with Crippen molar-refractivity contribution in [1.82, 2.24) is 0 Å². The van der Waals surface area contributed by atoms with Crippen LogP contribution in [0.25, 0.3) is 0 Å². The van der Waals surface area contributed by atoms with Gasteiger partial charge in [0.1, 0.15) is 5.84 Å². The zero-order chi connectivity index (χ0) is 15.5. The summed E-state index contributed by atoms with van der Waals surface area (Å²) in [6.45, 7) is 6.56. The molecule has 6 heteroatoms. The summed E-state index contributed by atoms with van der Waals surface area (Å²) in [4.78, 5) is 1.96. The topological polar surface area (TPSA) is 53.1 Å². The highest BCUT2D eigenvalue weighted by atomic mass is 19.4. The minimum Gasteiger partial charge on any atom is -0.384 e. The Morgan fingerprint density at radius 3 is 2.35 bits per heavy atom. The maximum Gasteiger partial charge on any atom is 0.416 e. The van der Waals surface area contributed by atoms with Crippen LogP contribution in [0.3, 0.4) is 0 Å². The molecule has 1 aromatic rings. The van der Waals surface area contributed by atoms with Crippen LogP contribution < -0.4 is 10.6 Å². The van der Waals surface area contributed by atoms with Gasteiger partial charge >= 0.3 is 6.18 Å². The smallest absolute Gasteiger partial charge is 0.384 e. The first-order valence-corrected chi connectivity index (χ1v) is 6.54. The highest BCUT2D eigenvalue weighted by Crippen LogP contribution is 2.33. The molecule has 1 rings (SSSR count). The van der Waals surface area contributed by atoms with Crippen LogP contribution in [0.2, 0.25) is 0 Å². The van der Waals surface area contributed by atoms with Crippen LogP contribution >= 0.6 is 0 Å². The van der Waals surface area contributed by atoms with E-state index in [-0.39, 0.29) is 17.4 Å². The minimum absolute atomic E-state index is 0.127. The summed E-state index contributed by atoms with van der Waals surface area (Å²) in [6, 6.07) is 3.54. The molecule has 0 aliphatic rings. The van der Waals surface area contributed by atoms with Gasteiger partial charge < -0.3 is 10.6 Å². The highest BCUT2D eigenvalue weighted by molar-refractivity contribution is 6.00. The number of hydrogen-bond donors (Lipinski definition) is 2. The van der Waals surface area contributed by atoms with Crippen LogP contribution in [0.4, 0.5) is 18.9 Å². The number of nitrogen functional groups attached to an aromatic ring is 1. The normalized spacial score (nSPS) is 13.1. The molecule has 0 fully saturated rings. The summed E-state index contributed by atoms with van der Waals surface area (Å²) in [7, 11) is 0. The molecule has 20 heavy (non-hydrogen) atoms. The van der Waals surface area contributed by atoms with E-state index in [9.17, 15) is 13.2 Å². The fourth-order valence-corrected chi connectivity index (χ4v) is 2.12. The first-order chi connectivity index (χ1) is 9.22. The lowest BCUT2D eigenvalue weighted by Gasteiger charge is -2.31. The van der Waals surface area contributed by atoms with Crippen LogP contribution in [0, 0.1) is 5.41 Å². The van der Waals surface area contributed by atoms with Gasteiger partial charge in [-0.2, -0.15) is 13.2 Å². The van der Waals surface area contributed by atoms with Crippen LogP contribution in [-0.4, -0.2) is 18.4 Å². The van der Waals surface area contributed by atoms with Crippen LogP contribution in [0.15, 0.2) is 18.2 Å².